The maximum absolute atomic E-state index is 10.4. The fraction of sp³-hybridized carbons (Fsp3) is 0.918. The van der Waals surface area contributed by atoms with Crippen molar-refractivity contribution in [2.24, 2.45) is 0 Å². The highest BCUT2D eigenvalue weighted by Crippen LogP contribution is 2.37. The van der Waals surface area contributed by atoms with Crippen LogP contribution in [-0.4, -0.2) is 41.1 Å². The first-order valence-electron chi connectivity index (χ1n) is 23.9. The van der Waals surface area contributed by atoms with Gasteiger partial charge in [-0.2, -0.15) is 0 Å². The summed E-state index contributed by atoms with van der Waals surface area (Å²) in [5.74, 6) is 0. The van der Waals surface area contributed by atoms with E-state index in [1.807, 2.05) is 0 Å². The smallest absolute Gasteiger partial charge is 0.191 e. The Bertz CT molecular complexity index is 797. The van der Waals surface area contributed by atoms with Gasteiger partial charge in [0.2, 0.25) is 0 Å². The number of aliphatic hydroxyl groups excluding tert-OH is 1. The Morgan fingerprint density at radius 1 is 0.370 bits per heavy atom. The molecular weight excluding hydrogens is 693 g/mol. The van der Waals surface area contributed by atoms with Crippen LogP contribution in [0, 0.1) is 0 Å². The second-order valence-corrected chi connectivity index (χ2v) is 29.7. The molecule has 1 N–H and O–H groups in total. The molecule has 0 saturated heterocycles. The summed E-state index contributed by atoms with van der Waals surface area (Å²) in [4.78, 5) is 0. The van der Waals surface area contributed by atoms with Gasteiger partial charge in [-0.3, -0.25) is 0 Å². The molecule has 0 aromatic rings. The lowest BCUT2D eigenvalue weighted by molar-refractivity contribution is 0.147. The minimum absolute atomic E-state index is 0.0701. The van der Waals surface area contributed by atoms with Crippen LogP contribution in [0.5, 0.6) is 0 Å². The molecule has 0 atom stereocenters. The average molecular weight is 794 g/mol. The van der Waals surface area contributed by atoms with Gasteiger partial charge >= 0.3 is 0 Å². The Hall–Kier alpha value is -0.206. The van der Waals surface area contributed by atoms with E-state index < -0.39 is 16.6 Å². The van der Waals surface area contributed by atoms with E-state index in [-0.39, 0.29) is 6.10 Å². The zero-order valence-electron chi connectivity index (χ0n) is 38.8. The van der Waals surface area contributed by atoms with Crippen molar-refractivity contribution < 1.29 is 14.0 Å². The topological polar surface area (TPSA) is 38.7 Å². The second-order valence-electron chi connectivity index (χ2n) is 20.0. The highest BCUT2D eigenvalue weighted by atomic mass is 28.4. The van der Waals surface area contributed by atoms with Gasteiger partial charge in [0.1, 0.15) is 0 Å². The molecule has 54 heavy (non-hydrogen) atoms. The summed E-state index contributed by atoms with van der Waals surface area (Å²) >= 11 is 0. The lowest BCUT2D eigenvalue weighted by atomic mass is 10.0. The molecule has 0 aliphatic heterocycles. The van der Waals surface area contributed by atoms with Gasteiger partial charge in [0.05, 0.1) is 6.10 Å². The Kier molecular flexibility index (Phi) is 33.6. The number of rotatable bonds is 38. The molecule has 0 spiro atoms. The normalized spacial score (nSPS) is 13.4. The molecule has 0 aromatic carbocycles. The zero-order chi connectivity index (χ0) is 40.4. The molecular formula is C49H100O3Si2. The van der Waals surface area contributed by atoms with Crippen LogP contribution >= 0.6 is 0 Å². The molecule has 0 rings (SSSR count). The summed E-state index contributed by atoms with van der Waals surface area (Å²) in [6, 6.07) is 0. The lowest BCUT2D eigenvalue weighted by Crippen LogP contribution is -2.40. The molecule has 322 valence electrons. The molecule has 0 bridgehead atoms. The standard InChI is InChI=1S/C49H100O3Si2/c1-48(2,3)53(7,8)51-45-41-37-33-29-25-21-17-13-11-15-19-23-27-31-35-39-43-47(50)44-40-36-32-28-24-20-16-12-14-18-22-26-30-34-38-42-46-52-54(9,10)49(4,5)6/h11-14,47,50H,15-46H2,1-10H3/b13-11-,14-12-. The van der Waals surface area contributed by atoms with Crippen LogP contribution in [0.1, 0.15) is 234 Å². The van der Waals surface area contributed by atoms with Crippen molar-refractivity contribution in [1.29, 1.82) is 0 Å². The summed E-state index contributed by atoms with van der Waals surface area (Å²) in [7, 11) is -3.11. The van der Waals surface area contributed by atoms with Crippen molar-refractivity contribution in [2.45, 2.75) is 277 Å². The van der Waals surface area contributed by atoms with Crippen molar-refractivity contribution in [3.63, 3.8) is 0 Å². The van der Waals surface area contributed by atoms with Crippen LogP contribution in [0.3, 0.4) is 0 Å². The average Bonchev–Trinajstić information content (AvgIpc) is 3.09. The zero-order valence-corrected chi connectivity index (χ0v) is 40.8. The fourth-order valence-corrected chi connectivity index (χ4v) is 8.72. The fourth-order valence-electron chi connectivity index (χ4n) is 6.54. The van der Waals surface area contributed by atoms with Crippen molar-refractivity contribution in [3.8, 4) is 0 Å². The van der Waals surface area contributed by atoms with Gasteiger partial charge in [0.15, 0.2) is 16.6 Å². The minimum Gasteiger partial charge on any atom is -0.417 e. The Balaban J connectivity index is 3.35. The van der Waals surface area contributed by atoms with Gasteiger partial charge in [-0.1, -0.05) is 181 Å². The van der Waals surface area contributed by atoms with Crippen molar-refractivity contribution in [1.82, 2.24) is 0 Å². The molecule has 0 aliphatic rings. The van der Waals surface area contributed by atoms with Gasteiger partial charge < -0.3 is 14.0 Å². The van der Waals surface area contributed by atoms with E-state index in [9.17, 15) is 5.11 Å². The Morgan fingerprint density at radius 2 is 0.593 bits per heavy atom. The third-order valence-electron chi connectivity index (χ3n) is 12.7. The van der Waals surface area contributed by atoms with Gasteiger partial charge in [-0.15, -0.1) is 0 Å². The summed E-state index contributed by atoms with van der Waals surface area (Å²) in [5, 5.41) is 11.0. The molecule has 0 saturated carbocycles. The summed E-state index contributed by atoms with van der Waals surface area (Å²) in [6.45, 7) is 25.3. The quantitative estimate of drug-likeness (QED) is 0.0384. The molecule has 0 heterocycles. The van der Waals surface area contributed by atoms with Gasteiger partial charge in [-0.25, -0.2) is 0 Å². The lowest BCUT2D eigenvalue weighted by Gasteiger charge is -2.36. The maximum atomic E-state index is 10.4. The highest BCUT2D eigenvalue weighted by molar-refractivity contribution is 6.74. The third-order valence-corrected chi connectivity index (χ3v) is 21.8. The molecule has 0 radical (unpaired) electrons. The van der Waals surface area contributed by atoms with Gasteiger partial charge in [-0.05, 0) is 113 Å². The van der Waals surface area contributed by atoms with Gasteiger partial charge in [0, 0.05) is 13.2 Å². The van der Waals surface area contributed by atoms with E-state index in [1.165, 1.54) is 180 Å². The number of aliphatic hydroxyl groups is 1. The first-order chi connectivity index (χ1) is 25.6. The van der Waals surface area contributed by atoms with E-state index >= 15 is 0 Å². The largest absolute Gasteiger partial charge is 0.417 e. The molecule has 0 fully saturated rings. The van der Waals surface area contributed by atoms with Crippen molar-refractivity contribution >= 4 is 16.6 Å². The van der Waals surface area contributed by atoms with Crippen LogP contribution < -0.4 is 0 Å². The third kappa shape index (κ3) is 32.8. The predicted molar refractivity (Wildman–Crippen MR) is 249 cm³/mol. The first-order valence-corrected chi connectivity index (χ1v) is 29.7. The summed E-state index contributed by atoms with van der Waals surface area (Å²) < 4.78 is 12.6. The van der Waals surface area contributed by atoms with Gasteiger partial charge in [0.25, 0.3) is 0 Å². The van der Waals surface area contributed by atoms with E-state index in [1.54, 1.807) is 0 Å². The van der Waals surface area contributed by atoms with E-state index in [4.69, 9.17) is 8.85 Å². The predicted octanol–water partition coefficient (Wildman–Crippen LogP) is 17.2. The summed E-state index contributed by atoms with van der Waals surface area (Å²) in [5.41, 5.74) is 0. The molecule has 5 heteroatoms. The maximum Gasteiger partial charge on any atom is 0.191 e. The monoisotopic (exact) mass is 793 g/mol. The number of hydrogen-bond donors (Lipinski definition) is 1. The van der Waals surface area contributed by atoms with Crippen LogP contribution in [0.2, 0.25) is 36.3 Å². The second kappa shape index (κ2) is 33.7. The first kappa shape index (κ1) is 53.8. The van der Waals surface area contributed by atoms with E-state index in [2.05, 4.69) is 92.0 Å². The molecule has 0 aromatic heterocycles. The molecule has 0 aliphatic carbocycles. The molecule has 0 unspecified atom stereocenters. The number of hydrogen-bond acceptors (Lipinski definition) is 3. The summed E-state index contributed by atoms with van der Waals surface area (Å²) in [6.07, 6.45) is 48.4. The Labute approximate surface area is 343 Å². The molecule has 0 amide bonds. The van der Waals surface area contributed by atoms with E-state index in [0.29, 0.717) is 10.1 Å². The van der Waals surface area contributed by atoms with Crippen LogP contribution in [-0.2, 0) is 8.85 Å². The number of allylic oxidation sites excluding steroid dienone is 4. The molecule has 3 nitrogen and oxygen atoms in total. The van der Waals surface area contributed by atoms with E-state index in [0.717, 1.165) is 26.1 Å². The van der Waals surface area contributed by atoms with Crippen LogP contribution in [0.15, 0.2) is 24.3 Å². The van der Waals surface area contributed by atoms with Crippen molar-refractivity contribution in [2.75, 3.05) is 13.2 Å². The highest BCUT2D eigenvalue weighted by Gasteiger charge is 2.37. The Morgan fingerprint density at radius 3 is 0.852 bits per heavy atom. The minimum atomic E-state index is -1.56. The van der Waals surface area contributed by atoms with Crippen molar-refractivity contribution in [3.05, 3.63) is 24.3 Å². The van der Waals surface area contributed by atoms with Crippen LogP contribution in [0.4, 0.5) is 0 Å². The SMILES string of the molecule is CC(C)(C)[Si](C)(C)OCCCCCCCC/C=C\CCCCCCCCC(O)CCCCCCCC/C=C\CCCCCCCCO[Si](C)(C)C(C)(C)C. The number of unbranched alkanes of at least 4 members (excludes halogenated alkanes) is 24. The van der Waals surface area contributed by atoms with Crippen LogP contribution in [0.25, 0.3) is 0 Å².